The molecule has 1 atom stereocenters. The van der Waals surface area contributed by atoms with Gasteiger partial charge < -0.3 is 9.42 Å². The first-order valence-electron chi connectivity index (χ1n) is 7.13. The summed E-state index contributed by atoms with van der Waals surface area (Å²) in [5, 5.41) is 4.01. The molecule has 1 saturated heterocycles. The van der Waals surface area contributed by atoms with Crippen LogP contribution in [0.1, 0.15) is 12.8 Å². The first kappa shape index (κ1) is 15.0. The van der Waals surface area contributed by atoms with Gasteiger partial charge in [-0.3, -0.25) is 0 Å². The minimum absolute atomic E-state index is 0.123. The van der Waals surface area contributed by atoms with Crippen LogP contribution in [0.4, 0.5) is 5.95 Å². The fraction of sp³-hybridized carbons (Fsp3) is 0.429. The van der Waals surface area contributed by atoms with Gasteiger partial charge in [0.25, 0.3) is 11.8 Å². The fourth-order valence-electron chi connectivity index (χ4n) is 2.60. The molecule has 0 aliphatic carbocycles. The number of hydrogen-bond donors (Lipinski definition) is 1. The zero-order valence-corrected chi connectivity index (χ0v) is 13.1. The lowest BCUT2D eigenvalue weighted by molar-refractivity contribution is 0.419. The van der Waals surface area contributed by atoms with E-state index in [0.717, 1.165) is 24.9 Å². The summed E-state index contributed by atoms with van der Waals surface area (Å²) in [6, 6.07) is 9.43. The Kier molecular flexibility index (Phi) is 4.12. The van der Waals surface area contributed by atoms with Gasteiger partial charge in [0.1, 0.15) is 0 Å². The summed E-state index contributed by atoms with van der Waals surface area (Å²) in [5.74, 6) is 0.965. The van der Waals surface area contributed by atoms with Crippen LogP contribution < -0.4 is 9.62 Å². The number of aromatic nitrogens is 2. The van der Waals surface area contributed by atoms with Crippen LogP contribution in [0.2, 0.25) is 0 Å². The number of nitrogens with zero attached hydrogens (tertiary/aromatic N) is 3. The molecule has 7 nitrogen and oxygen atoms in total. The highest BCUT2D eigenvalue weighted by atomic mass is 32.2. The van der Waals surface area contributed by atoms with E-state index in [9.17, 15) is 8.42 Å². The van der Waals surface area contributed by atoms with Crippen molar-refractivity contribution in [2.45, 2.75) is 18.9 Å². The summed E-state index contributed by atoms with van der Waals surface area (Å²) in [6.45, 7) is 1.33. The number of nitrogens with one attached hydrogen (secondary N) is 1. The number of piperidine rings is 1. The molecular weight excluding hydrogens is 304 g/mol. The van der Waals surface area contributed by atoms with Crippen LogP contribution in [-0.2, 0) is 10.0 Å². The molecule has 1 fully saturated rings. The molecule has 8 heteroatoms. The normalized spacial score (nSPS) is 19.3. The first-order valence-corrected chi connectivity index (χ1v) is 9.02. The molecule has 0 spiro atoms. The number of benzene rings is 1. The van der Waals surface area contributed by atoms with Crippen molar-refractivity contribution in [3.8, 4) is 11.5 Å². The molecule has 1 aliphatic heterocycles. The number of anilines is 1. The lowest BCUT2D eigenvalue weighted by Crippen LogP contribution is -2.47. The Morgan fingerprint density at radius 1 is 1.32 bits per heavy atom. The molecule has 0 bridgehead atoms. The van der Waals surface area contributed by atoms with Gasteiger partial charge in [-0.15, -0.1) is 0 Å². The molecule has 118 valence electrons. The van der Waals surface area contributed by atoms with Crippen LogP contribution in [0.5, 0.6) is 0 Å². The maximum absolute atomic E-state index is 11.4. The molecule has 1 aliphatic rings. The average Bonchev–Trinajstić information content (AvgIpc) is 2.96. The monoisotopic (exact) mass is 322 g/mol. The molecule has 1 aromatic heterocycles. The fourth-order valence-corrected chi connectivity index (χ4v) is 3.40. The average molecular weight is 322 g/mol. The third kappa shape index (κ3) is 3.63. The van der Waals surface area contributed by atoms with E-state index in [4.69, 9.17) is 4.52 Å². The van der Waals surface area contributed by atoms with E-state index in [-0.39, 0.29) is 6.04 Å². The smallest absolute Gasteiger partial charge is 0.266 e. The van der Waals surface area contributed by atoms with Gasteiger partial charge in [0.15, 0.2) is 0 Å². The first-order chi connectivity index (χ1) is 10.5. The van der Waals surface area contributed by atoms with Crippen molar-refractivity contribution in [3.63, 3.8) is 0 Å². The van der Waals surface area contributed by atoms with Gasteiger partial charge in [0.05, 0.1) is 6.26 Å². The summed E-state index contributed by atoms with van der Waals surface area (Å²) in [6.07, 6.45) is 2.86. The molecule has 3 rings (SSSR count). The van der Waals surface area contributed by atoms with Crippen LogP contribution in [0, 0.1) is 0 Å². The molecule has 0 saturated carbocycles. The molecule has 0 amide bonds. The SMILES string of the molecule is CS(=O)(=O)N[C@H]1CCCN(c2noc(-c3ccccc3)n2)C1. The van der Waals surface area contributed by atoms with Gasteiger partial charge in [-0.1, -0.05) is 18.2 Å². The number of rotatable bonds is 4. The van der Waals surface area contributed by atoms with Crippen molar-refractivity contribution in [2.75, 3.05) is 24.2 Å². The van der Waals surface area contributed by atoms with Crippen molar-refractivity contribution in [1.29, 1.82) is 0 Å². The van der Waals surface area contributed by atoms with Crippen molar-refractivity contribution in [3.05, 3.63) is 30.3 Å². The second-order valence-corrected chi connectivity index (χ2v) is 7.22. The molecule has 1 aromatic carbocycles. The Balaban J connectivity index is 1.73. The molecule has 1 N–H and O–H groups in total. The van der Waals surface area contributed by atoms with Gasteiger partial charge in [0, 0.05) is 24.7 Å². The largest absolute Gasteiger partial charge is 0.337 e. The van der Waals surface area contributed by atoms with E-state index in [1.165, 1.54) is 6.26 Å². The van der Waals surface area contributed by atoms with Crippen molar-refractivity contribution < 1.29 is 12.9 Å². The minimum Gasteiger partial charge on any atom is -0.337 e. The predicted molar refractivity (Wildman–Crippen MR) is 82.9 cm³/mol. The van der Waals surface area contributed by atoms with Crippen molar-refractivity contribution >= 4 is 16.0 Å². The van der Waals surface area contributed by atoms with Crippen molar-refractivity contribution in [1.82, 2.24) is 14.9 Å². The summed E-state index contributed by atoms with van der Waals surface area (Å²) in [4.78, 5) is 6.35. The van der Waals surface area contributed by atoms with Crippen LogP contribution >= 0.6 is 0 Å². The van der Waals surface area contributed by atoms with E-state index >= 15 is 0 Å². The van der Waals surface area contributed by atoms with Crippen LogP contribution in [-0.4, -0.2) is 43.9 Å². The molecule has 22 heavy (non-hydrogen) atoms. The number of hydrogen-bond acceptors (Lipinski definition) is 6. The Morgan fingerprint density at radius 3 is 2.82 bits per heavy atom. The molecule has 0 radical (unpaired) electrons. The van der Waals surface area contributed by atoms with E-state index < -0.39 is 10.0 Å². The second kappa shape index (κ2) is 6.05. The quantitative estimate of drug-likeness (QED) is 0.911. The van der Waals surface area contributed by atoms with Crippen LogP contribution in [0.15, 0.2) is 34.9 Å². The van der Waals surface area contributed by atoms with Crippen LogP contribution in [0.3, 0.4) is 0 Å². The van der Waals surface area contributed by atoms with E-state index in [1.807, 2.05) is 35.2 Å². The Hall–Kier alpha value is -1.93. The summed E-state index contributed by atoms with van der Waals surface area (Å²) >= 11 is 0. The van der Waals surface area contributed by atoms with Gasteiger partial charge in [-0.05, 0) is 30.1 Å². The molecule has 0 unspecified atom stereocenters. The minimum atomic E-state index is -3.21. The second-order valence-electron chi connectivity index (χ2n) is 5.44. The molecule has 2 heterocycles. The Bertz CT molecular complexity index is 730. The van der Waals surface area contributed by atoms with Gasteiger partial charge in [-0.25, -0.2) is 13.1 Å². The third-order valence-corrected chi connectivity index (χ3v) is 4.28. The van der Waals surface area contributed by atoms with E-state index in [2.05, 4.69) is 14.9 Å². The highest BCUT2D eigenvalue weighted by Gasteiger charge is 2.25. The third-order valence-electron chi connectivity index (χ3n) is 3.52. The lowest BCUT2D eigenvalue weighted by atomic mass is 10.1. The zero-order valence-electron chi connectivity index (χ0n) is 12.3. The highest BCUT2D eigenvalue weighted by Crippen LogP contribution is 2.22. The van der Waals surface area contributed by atoms with Crippen LogP contribution in [0.25, 0.3) is 11.5 Å². The Labute approximate surface area is 129 Å². The standard InChI is InChI=1S/C14H18N4O3S/c1-22(19,20)17-12-8-5-9-18(10-12)14-15-13(21-16-14)11-6-3-2-4-7-11/h2-4,6-7,12,17H,5,8-10H2,1H3/t12-/m0/s1. The summed E-state index contributed by atoms with van der Waals surface area (Å²) in [7, 11) is -3.21. The van der Waals surface area contributed by atoms with Crippen molar-refractivity contribution in [2.24, 2.45) is 0 Å². The molecule has 2 aromatic rings. The van der Waals surface area contributed by atoms with E-state index in [1.54, 1.807) is 0 Å². The predicted octanol–water partition coefficient (Wildman–Crippen LogP) is 1.25. The number of sulfonamides is 1. The Morgan fingerprint density at radius 2 is 2.09 bits per heavy atom. The summed E-state index contributed by atoms with van der Waals surface area (Å²) < 4.78 is 30.6. The van der Waals surface area contributed by atoms with E-state index in [0.29, 0.717) is 18.4 Å². The van der Waals surface area contributed by atoms with Gasteiger partial charge in [0.2, 0.25) is 10.0 Å². The molecular formula is C14H18N4O3S. The summed E-state index contributed by atoms with van der Waals surface area (Å²) in [5.41, 5.74) is 0.865. The maximum Gasteiger partial charge on any atom is 0.266 e. The lowest BCUT2D eigenvalue weighted by Gasteiger charge is -2.31. The highest BCUT2D eigenvalue weighted by molar-refractivity contribution is 7.88. The van der Waals surface area contributed by atoms with Gasteiger partial charge >= 0.3 is 0 Å². The van der Waals surface area contributed by atoms with Gasteiger partial charge in [-0.2, -0.15) is 4.98 Å². The maximum atomic E-state index is 11.4. The zero-order chi connectivity index (χ0) is 15.6. The topological polar surface area (TPSA) is 88.3 Å².